The molecule has 1 fully saturated rings. The van der Waals surface area contributed by atoms with Gasteiger partial charge in [-0.3, -0.25) is 4.79 Å². The summed E-state index contributed by atoms with van der Waals surface area (Å²) in [6, 6.07) is 15.6. The number of hydrogen-bond acceptors (Lipinski definition) is 7. The summed E-state index contributed by atoms with van der Waals surface area (Å²) in [5.41, 5.74) is 2.84. The van der Waals surface area contributed by atoms with E-state index in [1.165, 1.54) is 11.3 Å². The highest BCUT2D eigenvalue weighted by atomic mass is 32.2. The van der Waals surface area contributed by atoms with Crippen molar-refractivity contribution in [3.63, 3.8) is 0 Å². The molecule has 6 nitrogen and oxygen atoms in total. The highest BCUT2D eigenvalue weighted by Crippen LogP contribution is 2.30. The van der Waals surface area contributed by atoms with E-state index in [1.54, 1.807) is 18.9 Å². The van der Waals surface area contributed by atoms with Crippen LogP contribution < -0.4 is 10.1 Å². The second-order valence-corrected chi connectivity index (χ2v) is 8.91. The monoisotopic (exact) mass is 426 g/mol. The normalized spacial score (nSPS) is 13.5. The highest BCUT2D eigenvalue weighted by molar-refractivity contribution is 8.00. The quantitative estimate of drug-likeness (QED) is 0.547. The molecule has 1 aliphatic rings. The van der Waals surface area contributed by atoms with E-state index in [0.717, 1.165) is 63.7 Å². The number of amides is 1. The predicted octanol–water partition coefficient (Wildman–Crippen LogP) is 4.82. The maximum atomic E-state index is 12.4. The fraction of sp³-hybridized carbons (Fsp3) is 0.286. The van der Waals surface area contributed by atoms with Gasteiger partial charge in [-0.1, -0.05) is 41.3 Å². The van der Waals surface area contributed by atoms with Crippen LogP contribution in [0.3, 0.4) is 0 Å². The molecule has 0 aliphatic carbocycles. The first-order valence-electron chi connectivity index (χ1n) is 9.47. The Morgan fingerprint density at radius 3 is 2.72 bits per heavy atom. The Bertz CT molecular complexity index is 969. The van der Waals surface area contributed by atoms with Gasteiger partial charge in [-0.25, -0.2) is 0 Å². The summed E-state index contributed by atoms with van der Waals surface area (Å²) in [6.07, 6.45) is 2.22. The third-order valence-electron chi connectivity index (χ3n) is 4.68. The molecule has 2 heterocycles. The van der Waals surface area contributed by atoms with E-state index in [-0.39, 0.29) is 5.91 Å². The lowest BCUT2D eigenvalue weighted by Crippen LogP contribution is -2.27. The van der Waals surface area contributed by atoms with Crippen molar-refractivity contribution in [2.75, 3.05) is 25.5 Å². The zero-order valence-corrected chi connectivity index (χ0v) is 17.8. The van der Waals surface area contributed by atoms with Gasteiger partial charge in [-0.05, 0) is 42.7 Å². The Balaban J connectivity index is 1.32. The molecule has 1 N–H and O–H groups in total. The molecular formula is C21H22N4O2S2. The second kappa shape index (κ2) is 9.28. The van der Waals surface area contributed by atoms with Gasteiger partial charge >= 0.3 is 0 Å². The van der Waals surface area contributed by atoms with Crippen LogP contribution in [0.5, 0.6) is 5.75 Å². The average molecular weight is 427 g/mol. The number of nitrogens with zero attached hydrogens (tertiary/aromatic N) is 3. The standard InChI is InChI=1S/C21H22N4O2S2/c1-27-18-6-4-5-17(13-18)22-20-23-24-21(29-20)28-14-15-7-9-16(10-8-15)19(26)25-11-2-3-12-25/h4-10,13H,2-3,11-12,14H2,1H3,(H,22,23). The van der Waals surface area contributed by atoms with Gasteiger partial charge in [-0.15, -0.1) is 10.2 Å². The summed E-state index contributed by atoms with van der Waals surface area (Å²) in [5.74, 6) is 1.71. The number of nitrogens with one attached hydrogen (secondary N) is 1. The second-order valence-electron chi connectivity index (χ2n) is 6.71. The van der Waals surface area contributed by atoms with Crippen molar-refractivity contribution in [2.45, 2.75) is 22.9 Å². The van der Waals surface area contributed by atoms with Crippen molar-refractivity contribution < 1.29 is 9.53 Å². The van der Waals surface area contributed by atoms with Gasteiger partial charge in [0.1, 0.15) is 5.75 Å². The van der Waals surface area contributed by atoms with Gasteiger partial charge in [0.25, 0.3) is 5.91 Å². The maximum absolute atomic E-state index is 12.4. The number of methoxy groups -OCH3 is 1. The van der Waals surface area contributed by atoms with Crippen molar-refractivity contribution in [2.24, 2.45) is 0 Å². The van der Waals surface area contributed by atoms with Crippen molar-refractivity contribution in [3.05, 3.63) is 59.7 Å². The third kappa shape index (κ3) is 5.07. The molecule has 0 spiro atoms. The van der Waals surface area contributed by atoms with Gasteiger partial charge in [0.05, 0.1) is 7.11 Å². The first-order valence-corrected chi connectivity index (χ1v) is 11.3. The fourth-order valence-corrected chi connectivity index (χ4v) is 4.86. The predicted molar refractivity (Wildman–Crippen MR) is 117 cm³/mol. The number of anilines is 2. The van der Waals surface area contributed by atoms with E-state index in [0.29, 0.717) is 0 Å². The zero-order valence-electron chi connectivity index (χ0n) is 16.1. The minimum Gasteiger partial charge on any atom is -0.497 e. The number of thioether (sulfide) groups is 1. The Morgan fingerprint density at radius 1 is 1.17 bits per heavy atom. The number of carbonyl (C=O) groups excluding carboxylic acids is 1. The molecule has 0 saturated carbocycles. The molecule has 1 amide bonds. The van der Waals surface area contributed by atoms with Gasteiger partial charge in [0.2, 0.25) is 5.13 Å². The van der Waals surface area contributed by atoms with Crippen molar-refractivity contribution in [3.8, 4) is 5.75 Å². The van der Waals surface area contributed by atoms with Gasteiger partial charge in [0, 0.05) is 36.2 Å². The van der Waals surface area contributed by atoms with E-state index in [9.17, 15) is 4.79 Å². The minimum atomic E-state index is 0.138. The van der Waals surface area contributed by atoms with E-state index in [2.05, 4.69) is 15.5 Å². The summed E-state index contributed by atoms with van der Waals surface area (Å²) in [4.78, 5) is 14.4. The SMILES string of the molecule is COc1cccc(Nc2nnc(SCc3ccc(C(=O)N4CCCC4)cc3)s2)c1. The molecule has 0 radical (unpaired) electrons. The summed E-state index contributed by atoms with van der Waals surface area (Å²) in [5, 5.41) is 12.4. The van der Waals surface area contributed by atoms with Crippen LogP contribution in [0.2, 0.25) is 0 Å². The molecule has 4 rings (SSSR count). The smallest absolute Gasteiger partial charge is 0.253 e. The molecule has 0 bridgehead atoms. The molecule has 8 heteroatoms. The zero-order chi connectivity index (χ0) is 20.1. The van der Waals surface area contributed by atoms with Crippen LogP contribution in [-0.4, -0.2) is 41.2 Å². The number of rotatable bonds is 7. The van der Waals surface area contributed by atoms with Crippen LogP contribution in [0.1, 0.15) is 28.8 Å². The summed E-state index contributed by atoms with van der Waals surface area (Å²) < 4.78 is 6.13. The number of likely N-dealkylation sites (tertiary alicyclic amines) is 1. The molecule has 0 atom stereocenters. The molecule has 0 unspecified atom stereocenters. The number of ether oxygens (including phenoxy) is 1. The number of hydrogen-bond donors (Lipinski definition) is 1. The first kappa shape index (κ1) is 19.7. The molecule has 2 aromatic carbocycles. The summed E-state index contributed by atoms with van der Waals surface area (Å²) >= 11 is 3.15. The van der Waals surface area contributed by atoms with E-state index in [4.69, 9.17) is 4.74 Å². The fourth-order valence-electron chi connectivity index (χ4n) is 3.13. The average Bonchev–Trinajstić information content (AvgIpc) is 3.45. The van der Waals surface area contributed by atoms with Crippen LogP contribution in [0.15, 0.2) is 52.9 Å². The van der Waals surface area contributed by atoms with Crippen LogP contribution in [0.25, 0.3) is 0 Å². The lowest BCUT2D eigenvalue weighted by atomic mass is 10.1. The molecule has 29 heavy (non-hydrogen) atoms. The van der Waals surface area contributed by atoms with Crippen molar-refractivity contribution >= 4 is 39.8 Å². The molecular weight excluding hydrogens is 404 g/mol. The van der Waals surface area contributed by atoms with Gasteiger partial charge in [-0.2, -0.15) is 0 Å². The van der Waals surface area contributed by atoms with Crippen molar-refractivity contribution in [1.29, 1.82) is 0 Å². The third-order valence-corrected chi connectivity index (χ3v) is 6.73. The molecule has 150 valence electrons. The lowest BCUT2D eigenvalue weighted by Gasteiger charge is -2.15. The first-order chi connectivity index (χ1) is 14.2. The van der Waals surface area contributed by atoms with Crippen LogP contribution in [0, 0.1) is 0 Å². The van der Waals surface area contributed by atoms with Crippen LogP contribution in [0.4, 0.5) is 10.8 Å². The van der Waals surface area contributed by atoms with Crippen molar-refractivity contribution in [1.82, 2.24) is 15.1 Å². The maximum Gasteiger partial charge on any atom is 0.253 e. The highest BCUT2D eigenvalue weighted by Gasteiger charge is 2.19. The van der Waals surface area contributed by atoms with E-state index in [1.807, 2.05) is 53.4 Å². The largest absolute Gasteiger partial charge is 0.497 e. The van der Waals surface area contributed by atoms with E-state index < -0.39 is 0 Å². The van der Waals surface area contributed by atoms with Gasteiger partial charge in [0.15, 0.2) is 4.34 Å². The number of aromatic nitrogens is 2. The topological polar surface area (TPSA) is 67.3 Å². The Morgan fingerprint density at radius 2 is 1.97 bits per heavy atom. The number of carbonyl (C=O) groups is 1. The molecule has 1 aromatic heterocycles. The Labute approximate surface area is 178 Å². The summed E-state index contributed by atoms with van der Waals surface area (Å²) in [7, 11) is 1.65. The molecule has 3 aromatic rings. The van der Waals surface area contributed by atoms with Gasteiger partial charge < -0.3 is 15.0 Å². The lowest BCUT2D eigenvalue weighted by molar-refractivity contribution is 0.0793. The molecule has 1 aliphatic heterocycles. The Kier molecular flexibility index (Phi) is 6.31. The molecule has 1 saturated heterocycles. The number of benzene rings is 2. The van der Waals surface area contributed by atoms with Crippen LogP contribution >= 0.6 is 23.1 Å². The van der Waals surface area contributed by atoms with Crippen LogP contribution in [-0.2, 0) is 5.75 Å². The minimum absolute atomic E-state index is 0.138. The van der Waals surface area contributed by atoms with E-state index >= 15 is 0 Å². The Hall–Kier alpha value is -2.58. The summed E-state index contributed by atoms with van der Waals surface area (Å²) in [6.45, 7) is 1.75.